The third-order valence-electron chi connectivity index (χ3n) is 9.64. The largest absolute Gasteiger partial charge is 0.472 e. The Bertz CT molecular complexity index is 1150. The van der Waals surface area contributed by atoms with Crippen LogP contribution in [0, 0.1) is 27.6 Å². The molecule has 4 aliphatic rings. The molecule has 1 aromatic rings. The van der Waals surface area contributed by atoms with E-state index in [9.17, 15) is 34.9 Å². The number of nitroso groups, excluding NO2 is 1. The molecule has 5 rings (SSSR count). The number of fused-ring (bicyclic) bond motifs is 3. The van der Waals surface area contributed by atoms with Gasteiger partial charge in [-0.25, -0.2) is 4.79 Å². The van der Waals surface area contributed by atoms with Gasteiger partial charge in [0.25, 0.3) is 0 Å². The minimum Gasteiger partial charge on any atom is -0.472 e. The lowest BCUT2D eigenvalue weighted by Crippen LogP contribution is -2.63. The third kappa shape index (κ3) is 4.39. The Kier molecular flexibility index (Phi) is 7.66. The predicted molar refractivity (Wildman–Crippen MR) is 133 cm³/mol. The van der Waals surface area contributed by atoms with Gasteiger partial charge in [0, 0.05) is 16.6 Å². The van der Waals surface area contributed by atoms with Crippen LogP contribution < -0.4 is 0 Å². The van der Waals surface area contributed by atoms with E-state index < -0.39 is 90.2 Å². The Labute approximate surface area is 230 Å². The van der Waals surface area contributed by atoms with Crippen LogP contribution >= 0.6 is 0 Å². The number of hydrogen-bond donors (Lipinski definition) is 4. The maximum absolute atomic E-state index is 13.3. The Morgan fingerprint density at radius 2 is 1.95 bits per heavy atom. The summed E-state index contributed by atoms with van der Waals surface area (Å²) in [5.41, 5.74) is -1.05. The predicted octanol–water partition coefficient (Wildman–Crippen LogP) is 0.739. The molecule has 1 saturated carbocycles. The minimum absolute atomic E-state index is 0.0786. The summed E-state index contributed by atoms with van der Waals surface area (Å²) in [4.78, 5) is 37.6. The zero-order valence-corrected chi connectivity index (χ0v) is 22.4. The number of carbonyl (C=O) groups excluding carboxylic acids is 2. The number of esters is 2. The average molecular weight is 566 g/mol. The van der Waals surface area contributed by atoms with Gasteiger partial charge in [-0.15, -0.1) is 0 Å². The molecule has 1 aromatic heterocycles. The first-order chi connectivity index (χ1) is 19.0. The molecule has 0 amide bonds. The van der Waals surface area contributed by atoms with Gasteiger partial charge in [0.1, 0.15) is 30.5 Å². The van der Waals surface area contributed by atoms with Crippen LogP contribution in [-0.4, -0.2) is 88.9 Å². The molecular formula is C27H35NO12. The molecule has 4 N–H and O–H groups in total. The molecule has 40 heavy (non-hydrogen) atoms. The highest BCUT2D eigenvalue weighted by Gasteiger charge is 2.66. The highest BCUT2D eigenvalue weighted by atomic mass is 16.7. The Morgan fingerprint density at radius 1 is 1.20 bits per heavy atom. The van der Waals surface area contributed by atoms with Crippen LogP contribution in [0.3, 0.4) is 0 Å². The number of hydrogen-bond acceptors (Lipinski definition) is 13. The number of nitrogens with zero attached hydrogens (tertiary/aromatic N) is 1. The molecule has 12 atom stereocenters. The van der Waals surface area contributed by atoms with Gasteiger partial charge >= 0.3 is 11.9 Å². The molecule has 12 unspecified atom stereocenters. The zero-order valence-electron chi connectivity index (χ0n) is 22.4. The smallest absolute Gasteiger partial charge is 0.334 e. The van der Waals surface area contributed by atoms with Gasteiger partial charge in [-0.05, 0) is 42.7 Å². The van der Waals surface area contributed by atoms with Crippen LogP contribution in [0.2, 0.25) is 0 Å². The summed E-state index contributed by atoms with van der Waals surface area (Å²) < 4.78 is 27.7. The van der Waals surface area contributed by atoms with Gasteiger partial charge in [0.15, 0.2) is 6.29 Å². The number of furan rings is 1. The monoisotopic (exact) mass is 565 g/mol. The van der Waals surface area contributed by atoms with Crippen molar-refractivity contribution in [2.24, 2.45) is 27.8 Å². The van der Waals surface area contributed by atoms with E-state index in [4.69, 9.17) is 23.4 Å². The Hall–Kier alpha value is -2.68. The third-order valence-corrected chi connectivity index (χ3v) is 9.64. The van der Waals surface area contributed by atoms with E-state index in [1.807, 2.05) is 6.92 Å². The summed E-state index contributed by atoms with van der Waals surface area (Å²) in [6.07, 6.45) is -3.44. The van der Waals surface area contributed by atoms with Crippen molar-refractivity contribution in [2.75, 3.05) is 13.7 Å². The van der Waals surface area contributed by atoms with E-state index in [2.05, 4.69) is 5.18 Å². The second-order valence-electron chi connectivity index (χ2n) is 11.6. The van der Waals surface area contributed by atoms with Crippen LogP contribution in [-0.2, 0) is 28.5 Å². The molecule has 2 saturated heterocycles. The van der Waals surface area contributed by atoms with Crippen molar-refractivity contribution in [3.05, 3.63) is 40.7 Å². The van der Waals surface area contributed by atoms with Crippen LogP contribution in [0.15, 0.2) is 39.8 Å². The molecular weight excluding hydrogens is 530 g/mol. The lowest BCUT2D eigenvalue weighted by molar-refractivity contribution is -0.290. The molecule has 13 nitrogen and oxygen atoms in total. The van der Waals surface area contributed by atoms with Gasteiger partial charge in [-0.2, -0.15) is 4.91 Å². The van der Waals surface area contributed by atoms with E-state index >= 15 is 0 Å². The van der Waals surface area contributed by atoms with Crippen LogP contribution in [0.1, 0.15) is 44.8 Å². The van der Waals surface area contributed by atoms with E-state index in [0.717, 1.165) is 0 Å². The second-order valence-corrected chi connectivity index (χ2v) is 11.6. The Balaban J connectivity index is 1.52. The van der Waals surface area contributed by atoms with Crippen molar-refractivity contribution >= 4 is 11.9 Å². The van der Waals surface area contributed by atoms with Crippen molar-refractivity contribution in [3.8, 4) is 0 Å². The highest BCUT2D eigenvalue weighted by molar-refractivity contribution is 5.91. The summed E-state index contributed by atoms with van der Waals surface area (Å²) in [5, 5.41) is 44.9. The standard InChI is InChI=1S/C27H35NO12/c1-26-9-16(12-4-5-37-11-12)39-24(34)14(26)8-19(30)27(2)15(23(33)36-3)6-13(7-18(26)27)38-25-22(32)21(31)20(28-35)17(10-29)40-25/h4-6,11,13-14,16-22,25,29-32H,7-10H2,1-3H3. The number of cyclic esters (lactones) is 1. The van der Waals surface area contributed by atoms with Crippen LogP contribution in [0.4, 0.5) is 0 Å². The van der Waals surface area contributed by atoms with Crippen molar-refractivity contribution in [1.82, 2.24) is 0 Å². The topological polar surface area (TPSA) is 195 Å². The van der Waals surface area contributed by atoms with Gasteiger partial charge in [-0.1, -0.05) is 19.0 Å². The maximum Gasteiger partial charge on any atom is 0.334 e. The van der Waals surface area contributed by atoms with Gasteiger partial charge in [-0.3, -0.25) is 4.79 Å². The maximum atomic E-state index is 13.3. The molecule has 3 fully saturated rings. The fraction of sp³-hybridized carbons (Fsp3) is 0.704. The zero-order chi connectivity index (χ0) is 29.0. The molecule has 2 aliphatic heterocycles. The first-order valence-electron chi connectivity index (χ1n) is 13.3. The molecule has 13 heteroatoms. The van der Waals surface area contributed by atoms with Crippen molar-refractivity contribution < 1.29 is 53.4 Å². The van der Waals surface area contributed by atoms with Crippen LogP contribution in [0.25, 0.3) is 0 Å². The lowest BCUT2D eigenvalue weighted by atomic mass is 9.44. The summed E-state index contributed by atoms with van der Waals surface area (Å²) in [6.45, 7) is 3.06. The Morgan fingerprint density at radius 3 is 2.58 bits per heavy atom. The van der Waals surface area contributed by atoms with Crippen molar-refractivity contribution in [2.45, 2.75) is 82.1 Å². The molecule has 0 spiro atoms. The summed E-state index contributed by atoms with van der Waals surface area (Å²) in [7, 11) is 1.22. The molecule has 0 aromatic carbocycles. The number of methoxy groups -OCH3 is 1. The lowest BCUT2D eigenvalue weighted by Gasteiger charge is -2.61. The van der Waals surface area contributed by atoms with Gasteiger partial charge < -0.3 is 43.8 Å². The number of aliphatic hydroxyl groups excluding tert-OH is 4. The van der Waals surface area contributed by atoms with Crippen molar-refractivity contribution in [3.63, 3.8) is 0 Å². The average Bonchev–Trinajstić information content (AvgIpc) is 3.48. The fourth-order valence-electron chi connectivity index (χ4n) is 7.38. The SMILES string of the molecule is COC(=O)C1=CC(OC2OC(CO)C(N=O)C(O)C2O)CC2C3(C)CC(c4ccoc4)OC(=O)C3CC(O)C12C. The quantitative estimate of drug-likeness (QED) is 0.279. The van der Waals surface area contributed by atoms with Gasteiger partial charge in [0.2, 0.25) is 0 Å². The summed E-state index contributed by atoms with van der Waals surface area (Å²) in [6, 6.07) is 0.314. The first kappa shape index (κ1) is 28.8. The minimum atomic E-state index is -1.68. The normalized spacial score (nSPS) is 45.0. The number of carbonyl (C=O) groups is 2. The fourth-order valence-corrected chi connectivity index (χ4v) is 7.38. The number of ether oxygens (including phenoxy) is 4. The number of aliphatic hydroxyl groups is 4. The second kappa shape index (κ2) is 10.6. The summed E-state index contributed by atoms with van der Waals surface area (Å²) in [5.74, 6) is -2.32. The van der Waals surface area contributed by atoms with Crippen LogP contribution in [0.5, 0.6) is 0 Å². The van der Waals surface area contributed by atoms with Gasteiger partial charge in [0.05, 0.1) is 44.4 Å². The van der Waals surface area contributed by atoms with E-state index in [1.165, 1.54) is 25.7 Å². The molecule has 0 radical (unpaired) electrons. The van der Waals surface area contributed by atoms with E-state index in [0.29, 0.717) is 12.0 Å². The van der Waals surface area contributed by atoms with E-state index in [1.54, 1.807) is 13.0 Å². The van der Waals surface area contributed by atoms with Crippen molar-refractivity contribution in [1.29, 1.82) is 0 Å². The first-order valence-corrected chi connectivity index (χ1v) is 13.3. The molecule has 2 aliphatic carbocycles. The summed E-state index contributed by atoms with van der Waals surface area (Å²) >= 11 is 0. The molecule has 0 bridgehead atoms. The highest BCUT2D eigenvalue weighted by Crippen LogP contribution is 2.65. The number of rotatable bonds is 6. The molecule has 3 heterocycles. The molecule has 220 valence electrons. The van der Waals surface area contributed by atoms with E-state index in [-0.39, 0.29) is 18.4 Å².